The Balaban J connectivity index is 1.44. The van der Waals surface area contributed by atoms with Crippen molar-refractivity contribution in [2.75, 3.05) is 42.9 Å². The molecule has 1 saturated heterocycles. The van der Waals surface area contributed by atoms with Crippen molar-refractivity contribution in [3.05, 3.63) is 40.9 Å². The number of aromatic nitrogens is 1. The fraction of sp³-hybridized carbons (Fsp3) is 0.389. The maximum atomic E-state index is 12.6. The summed E-state index contributed by atoms with van der Waals surface area (Å²) in [4.78, 5) is 20.0. The molecule has 1 N–H and O–H groups in total. The van der Waals surface area contributed by atoms with Gasteiger partial charge in [-0.2, -0.15) is 18.4 Å². The number of carbonyl (C=O) groups excluding carboxylic acids is 1. The molecule has 0 aromatic carbocycles. The summed E-state index contributed by atoms with van der Waals surface area (Å²) in [5.74, 6) is 0.373. The van der Waals surface area contributed by atoms with Crippen LogP contribution in [0.2, 0.25) is 0 Å². The molecule has 1 amide bonds. The molecule has 1 aliphatic heterocycles. The number of alkyl halides is 3. The lowest BCUT2D eigenvalue weighted by atomic mass is 10.2. The molecule has 0 bridgehead atoms. The van der Waals surface area contributed by atoms with Gasteiger partial charge in [-0.05, 0) is 23.6 Å². The Labute approximate surface area is 164 Å². The van der Waals surface area contributed by atoms with Crippen LogP contribution in [0.25, 0.3) is 0 Å². The van der Waals surface area contributed by atoms with Crippen LogP contribution < -0.4 is 10.2 Å². The second kappa shape index (κ2) is 8.58. The Bertz CT molecular complexity index is 851. The number of pyridine rings is 1. The van der Waals surface area contributed by atoms with Gasteiger partial charge < -0.3 is 10.2 Å². The Morgan fingerprint density at radius 3 is 2.61 bits per heavy atom. The van der Waals surface area contributed by atoms with Crippen LogP contribution in [0.15, 0.2) is 29.8 Å². The van der Waals surface area contributed by atoms with Gasteiger partial charge in [0.1, 0.15) is 16.9 Å². The highest BCUT2D eigenvalue weighted by atomic mass is 32.1. The molecule has 6 nitrogen and oxygen atoms in total. The number of carbonyl (C=O) groups is 1. The van der Waals surface area contributed by atoms with E-state index in [4.69, 9.17) is 5.26 Å². The Morgan fingerprint density at radius 1 is 1.25 bits per heavy atom. The highest BCUT2D eigenvalue weighted by molar-refractivity contribution is 7.14. The van der Waals surface area contributed by atoms with Crippen molar-refractivity contribution < 1.29 is 18.0 Å². The number of hydrogen-bond acceptors (Lipinski definition) is 6. The van der Waals surface area contributed by atoms with Crippen molar-refractivity contribution in [3.8, 4) is 6.07 Å². The number of hydrogen-bond donors (Lipinski definition) is 1. The summed E-state index contributed by atoms with van der Waals surface area (Å²) in [7, 11) is 0. The topological polar surface area (TPSA) is 72.3 Å². The second-order valence-corrected chi connectivity index (χ2v) is 7.22. The normalized spacial score (nSPS) is 15.3. The zero-order chi connectivity index (χ0) is 20.1. The quantitative estimate of drug-likeness (QED) is 0.821. The first-order valence-corrected chi connectivity index (χ1v) is 9.53. The minimum absolute atomic E-state index is 0.147. The molecule has 0 aliphatic carbocycles. The van der Waals surface area contributed by atoms with Crippen LogP contribution in [0.3, 0.4) is 0 Å². The molecule has 2 aromatic heterocycles. The fourth-order valence-corrected chi connectivity index (χ4v) is 3.64. The SMILES string of the molecule is N#Cc1ccsc1NC(=O)CCN1CCN(c2ccc(C(F)(F)F)cn2)CC1. The van der Waals surface area contributed by atoms with E-state index in [1.807, 2.05) is 11.0 Å². The van der Waals surface area contributed by atoms with Crippen LogP contribution in [-0.2, 0) is 11.0 Å². The molecular weight excluding hydrogens is 391 g/mol. The average Bonchev–Trinajstić information content (AvgIpc) is 3.13. The molecule has 0 saturated carbocycles. The second-order valence-electron chi connectivity index (χ2n) is 6.30. The van der Waals surface area contributed by atoms with Crippen molar-refractivity contribution in [1.29, 1.82) is 5.26 Å². The van der Waals surface area contributed by atoms with Gasteiger partial charge in [0, 0.05) is 45.3 Å². The van der Waals surface area contributed by atoms with Crippen molar-refractivity contribution in [1.82, 2.24) is 9.88 Å². The highest BCUT2D eigenvalue weighted by Gasteiger charge is 2.31. The van der Waals surface area contributed by atoms with Crippen LogP contribution in [0.4, 0.5) is 24.0 Å². The first kappa shape index (κ1) is 20.1. The third-order valence-electron chi connectivity index (χ3n) is 4.47. The number of thiophene rings is 1. The smallest absolute Gasteiger partial charge is 0.354 e. The maximum Gasteiger partial charge on any atom is 0.417 e. The van der Waals surface area contributed by atoms with Crippen LogP contribution in [-0.4, -0.2) is 48.5 Å². The van der Waals surface area contributed by atoms with Crippen LogP contribution in [0, 0.1) is 11.3 Å². The third kappa shape index (κ3) is 4.99. The number of nitrogens with zero attached hydrogens (tertiary/aromatic N) is 4. The third-order valence-corrected chi connectivity index (χ3v) is 5.30. The van der Waals surface area contributed by atoms with Gasteiger partial charge in [-0.25, -0.2) is 4.98 Å². The molecule has 10 heteroatoms. The molecule has 1 aliphatic rings. The van der Waals surface area contributed by atoms with E-state index in [2.05, 4.69) is 15.2 Å². The lowest BCUT2D eigenvalue weighted by Crippen LogP contribution is -2.47. The van der Waals surface area contributed by atoms with Gasteiger partial charge in [0.2, 0.25) is 5.91 Å². The van der Waals surface area contributed by atoms with E-state index in [9.17, 15) is 18.0 Å². The Hall–Kier alpha value is -2.64. The largest absolute Gasteiger partial charge is 0.417 e. The lowest BCUT2D eigenvalue weighted by molar-refractivity contribution is -0.137. The number of nitrogens with one attached hydrogen (secondary N) is 1. The van der Waals surface area contributed by atoms with Gasteiger partial charge in [-0.1, -0.05) is 0 Å². The summed E-state index contributed by atoms with van der Waals surface area (Å²) in [6.07, 6.45) is -3.23. The van der Waals surface area contributed by atoms with Crippen LogP contribution >= 0.6 is 11.3 Å². The van der Waals surface area contributed by atoms with E-state index in [1.165, 1.54) is 17.4 Å². The summed E-state index contributed by atoms with van der Waals surface area (Å²) in [6, 6.07) is 6.12. The molecular formula is C18H18F3N5OS. The molecule has 0 atom stereocenters. The predicted molar refractivity (Wildman–Crippen MR) is 100 cm³/mol. The summed E-state index contributed by atoms with van der Waals surface area (Å²) < 4.78 is 37.8. The molecule has 2 aromatic rings. The number of rotatable bonds is 5. The molecule has 28 heavy (non-hydrogen) atoms. The van der Waals surface area contributed by atoms with E-state index in [1.54, 1.807) is 11.4 Å². The minimum Gasteiger partial charge on any atom is -0.354 e. The van der Waals surface area contributed by atoms with E-state index in [0.717, 1.165) is 12.3 Å². The van der Waals surface area contributed by atoms with Crippen molar-refractivity contribution in [2.45, 2.75) is 12.6 Å². The standard InChI is InChI=1S/C18H18F3N5OS/c19-18(20,21)14-1-2-15(23-12-14)26-8-6-25(7-9-26)5-3-16(27)24-17-13(11-22)4-10-28-17/h1-2,4,10,12H,3,5-9H2,(H,24,27). The first-order chi connectivity index (χ1) is 13.4. The van der Waals surface area contributed by atoms with E-state index >= 15 is 0 Å². The van der Waals surface area contributed by atoms with Gasteiger partial charge >= 0.3 is 6.18 Å². The van der Waals surface area contributed by atoms with Gasteiger partial charge in [0.15, 0.2) is 0 Å². The summed E-state index contributed by atoms with van der Waals surface area (Å²) in [6.45, 7) is 3.22. The number of nitriles is 1. The molecule has 0 spiro atoms. The summed E-state index contributed by atoms with van der Waals surface area (Å²) in [5.41, 5.74) is -0.304. The first-order valence-electron chi connectivity index (χ1n) is 8.65. The van der Waals surface area contributed by atoms with Crippen molar-refractivity contribution in [3.63, 3.8) is 0 Å². The zero-order valence-corrected chi connectivity index (χ0v) is 15.7. The fourth-order valence-electron chi connectivity index (χ4n) is 2.88. The van der Waals surface area contributed by atoms with E-state index in [0.29, 0.717) is 55.5 Å². The number of amides is 1. The molecule has 1 fully saturated rings. The van der Waals surface area contributed by atoms with E-state index in [-0.39, 0.29) is 5.91 Å². The Kier molecular flexibility index (Phi) is 6.16. The Morgan fingerprint density at radius 2 is 2.00 bits per heavy atom. The van der Waals surface area contributed by atoms with Crippen molar-refractivity contribution >= 4 is 28.1 Å². The predicted octanol–water partition coefficient (Wildman–Crippen LogP) is 3.18. The summed E-state index contributed by atoms with van der Waals surface area (Å²) in [5, 5.41) is 14.0. The maximum absolute atomic E-state index is 12.6. The molecule has 3 rings (SSSR count). The van der Waals surface area contributed by atoms with Crippen LogP contribution in [0.5, 0.6) is 0 Å². The molecule has 3 heterocycles. The van der Waals surface area contributed by atoms with E-state index < -0.39 is 11.7 Å². The number of halogens is 3. The number of piperazine rings is 1. The monoisotopic (exact) mass is 409 g/mol. The zero-order valence-electron chi connectivity index (χ0n) is 14.9. The molecule has 0 radical (unpaired) electrons. The van der Waals surface area contributed by atoms with Crippen molar-refractivity contribution in [2.24, 2.45) is 0 Å². The van der Waals surface area contributed by atoms with Crippen LogP contribution in [0.1, 0.15) is 17.5 Å². The minimum atomic E-state index is -4.39. The van der Waals surface area contributed by atoms with Gasteiger partial charge in [-0.15, -0.1) is 11.3 Å². The lowest BCUT2D eigenvalue weighted by Gasteiger charge is -2.35. The average molecular weight is 409 g/mol. The van der Waals surface area contributed by atoms with Gasteiger partial charge in [0.25, 0.3) is 0 Å². The highest BCUT2D eigenvalue weighted by Crippen LogP contribution is 2.29. The molecule has 148 valence electrons. The number of anilines is 2. The molecule has 0 unspecified atom stereocenters. The van der Waals surface area contributed by atoms with Gasteiger partial charge in [0.05, 0.1) is 11.1 Å². The summed E-state index contributed by atoms with van der Waals surface area (Å²) >= 11 is 1.31. The van der Waals surface area contributed by atoms with Gasteiger partial charge in [-0.3, -0.25) is 9.69 Å².